The zero-order chi connectivity index (χ0) is 24.8. The van der Waals surface area contributed by atoms with Gasteiger partial charge in [-0.2, -0.15) is 10.4 Å². The average Bonchev–Trinajstić information content (AvgIpc) is 3.27. The van der Waals surface area contributed by atoms with E-state index in [1.54, 1.807) is 6.21 Å². The molecule has 1 N–H and O–H groups in total. The monoisotopic (exact) mass is 496 g/mol. The molecule has 0 bridgehead atoms. The van der Waals surface area contributed by atoms with E-state index in [1.807, 2.05) is 53.8 Å². The number of aromatic nitrogens is 3. The first-order valence-electron chi connectivity index (χ1n) is 11.6. The molecule has 36 heavy (non-hydrogen) atoms. The number of nitrogens with zero attached hydrogens (tertiary/aromatic N) is 5. The first-order valence-corrected chi connectivity index (χ1v) is 12.0. The summed E-state index contributed by atoms with van der Waals surface area (Å²) in [5.74, 6) is 2.12. The summed E-state index contributed by atoms with van der Waals surface area (Å²) in [5, 5.41) is 15.6. The van der Waals surface area contributed by atoms with Crippen LogP contribution in [0.25, 0.3) is 27.6 Å². The highest BCUT2D eigenvalue weighted by atomic mass is 35.5. The second-order valence-electron chi connectivity index (χ2n) is 8.48. The van der Waals surface area contributed by atoms with E-state index in [9.17, 15) is 5.26 Å². The van der Waals surface area contributed by atoms with Crippen molar-refractivity contribution in [3.05, 3.63) is 69.9 Å². The molecule has 5 aromatic rings. The molecule has 3 aromatic heterocycles. The van der Waals surface area contributed by atoms with Gasteiger partial charge in [0.25, 0.3) is 0 Å². The van der Waals surface area contributed by atoms with Crippen molar-refractivity contribution in [3.63, 3.8) is 0 Å². The minimum Gasteiger partial charge on any atom is -0.486 e. The van der Waals surface area contributed by atoms with Gasteiger partial charge in [0.2, 0.25) is 0 Å². The van der Waals surface area contributed by atoms with Crippen molar-refractivity contribution in [2.24, 2.45) is 5.10 Å². The molecule has 0 saturated carbocycles. The van der Waals surface area contributed by atoms with Crippen LogP contribution in [0.15, 0.2) is 47.6 Å². The molecule has 0 amide bonds. The van der Waals surface area contributed by atoms with Crippen LogP contribution in [0.1, 0.15) is 29.2 Å². The van der Waals surface area contributed by atoms with Crippen molar-refractivity contribution in [3.8, 4) is 17.6 Å². The Morgan fingerprint density at radius 1 is 1.14 bits per heavy atom. The highest BCUT2D eigenvalue weighted by molar-refractivity contribution is 6.32. The van der Waals surface area contributed by atoms with Crippen molar-refractivity contribution >= 4 is 51.2 Å². The number of halogens is 1. The first kappa shape index (κ1) is 22.1. The Kier molecular flexibility index (Phi) is 5.35. The van der Waals surface area contributed by atoms with Crippen LogP contribution >= 0.6 is 11.6 Å². The second kappa shape index (κ2) is 8.70. The van der Waals surface area contributed by atoms with Gasteiger partial charge in [-0.3, -0.25) is 9.83 Å². The van der Waals surface area contributed by atoms with Crippen molar-refractivity contribution in [1.82, 2.24) is 14.4 Å². The van der Waals surface area contributed by atoms with Gasteiger partial charge in [-0.15, -0.1) is 0 Å². The maximum absolute atomic E-state index is 9.88. The van der Waals surface area contributed by atoms with Gasteiger partial charge in [0, 0.05) is 17.0 Å². The molecule has 4 heterocycles. The zero-order valence-corrected chi connectivity index (χ0v) is 20.4. The number of benzene rings is 2. The zero-order valence-electron chi connectivity index (χ0n) is 19.7. The molecule has 6 rings (SSSR count). The summed E-state index contributed by atoms with van der Waals surface area (Å²) in [4.78, 5) is 9.25. The molecule has 0 aliphatic carbocycles. The topological polar surface area (TPSA) is 96.8 Å². The van der Waals surface area contributed by atoms with Crippen LogP contribution in [0.5, 0.6) is 11.5 Å². The molecule has 0 radical (unpaired) electrons. The van der Waals surface area contributed by atoms with Crippen LogP contribution in [0.2, 0.25) is 5.15 Å². The van der Waals surface area contributed by atoms with Crippen LogP contribution < -0.4 is 14.9 Å². The molecule has 2 aromatic carbocycles. The fourth-order valence-electron chi connectivity index (χ4n) is 4.69. The van der Waals surface area contributed by atoms with Crippen molar-refractivity contribution in [2.45, 2.75) is 20.3 Å². The van der Waals surface area contributed by atoms with E-state index in [2.05, 4.69) is 28.5 Å². The lowest BCUT2D eigenvalue weighted by atomic mass is 10.0. The Bertz CT molecular complexity index is 1750. The normalized spacial score (nSPS) is 13.1. The molecule has 1 aliphatic heterocycles. The van der Waals surface area contributed by atoms with Gasteiger partial charge < -0.3 is 9.47 Å². The molecular formula is C27H21ClN6O2. The Labute approximate surface area is 211 Å². The van der Waals surface area contributed by atoms with Gasteiger partial charge in [-0.1, -0.05) is 30.7 Å². The number of anilines is 1. The van der Waals surface area contributed by atoms with E-state index >= 15 is 0 Å². The molecular weight excluding hydrogens is 476 g/mol. The lowest BCUT2D eigenvalue weighted by molar-refractivity contribution is 0.172. The molecule has 8 nitrogen and oxygen atoms in total. The SMILES string of the molecule is CCc1c(C)c(C#N)c2nc3ccccc3n2c1N/N=C/c1cc2cc3c(cc2nc1Cl)OCCO3. The van der Waals surface area contributed by atoms with E-state index in [0.29, 0.717) is 53.1 Å². The minimum absolute atomic E-state index is 0.328. The largest absolute Gasteiger partial charge is 0.486 e. The summed E-state index contributed by atoms with van der Waals surface area (Å²) in [6.07, 6.45) is 2.36. The number of fused-ring (bicyclic) bond motifs is 5. The number of nitrogens with one attached hydrogen (secondary N) is 1. The molecule has 0 unspecified atom stereocenters. The maximum atomic E-state index is 9.88. The third-order valence-corrected chi connectivity index (χ3v) is 6.72. The van der Waals surface area contributed by atoms with Gasteiger partial charge in [0.1, 0.15) is 30.3 Å². The van der Waals surface area contributed by atoms with Crippen LogP contribution in [-0.4, -0.2) is 33.8 Å². The predicted molar refractivity (Wildman–Crippen MR) is 140 cm³/mol. The molecule has 9 heteroatoms. The molecule has 0 atom stereocenters. The highest BCUT2D eigenvalue weighted by Crippen LogP contribution is 2.35. The Morgan fingerprint density at radius 2 is 1.92 bits per heavy atom. The number of imidazole rings is 1. The van der Waals surface area contributed by atoms with Crippen LogP contribution in [-0.2, 0) is 6.42 Å². The molecule has 0 fully saturated rings. The van der Waals surface area contributed by atoms with E-state index in [0.717, 1.165) is 38.9 Å². The number of ether oxygens (including phenoxy) is 2. The van der Waals surface area contributed by atoms with Crippen molar-refractivity contribution < 1.29 is 9.47 Å². The number of para-hydroxylation sites is 2. The minimum atomic E-state index is 0.328. The highest BCUT2D eigenvalue weighted by Gasteiger charge is 2.20. The van der Waals surface area contributed by atoms with E-state index in [1.165, 1.54) is 0 Å². The number of hydrogen-bond donors (Lipinski definition) is 1. The Morgan fingerprint density at radius 3 is 2.69 bits per heavy atom. The van der Waals surface area contributed by atoms with Gasteiger partial charge >= 0.3 is 0 Å². The van der Waals surface area contributed by atoms with E-state index < -0.39 is 0 Å². The number of hydrogen-bond acceptors (Lipinski definition) is 7. The smallest absolute Gasteiger partial charge is 0.163 e. The Balaban J connectivity index is 1.44. The van der Waals surface area contributed by atoms with Crippen molar-refractivity contribution in [1.29, 1.82) is 5.26 Å². The van der Waals surface area contributed by atoms with Gasteiger partial charge in [0.15, 0.2) is 17.1 Å². The second-order valence-corrected chi connectivity index (χ2v) is 8.84. The van der Waals surface area contributed by atoms with E-state index in [-0.39, 0.29) is 0 Å². The van der Waals surface area contributed by atoms with Crippen molar-refractivity contribution in [2.75, 3.05) is 18.6 Å². The van der Waals surface area contributed by atoms with Crippen LogP contribution in [0.3, 0.4) is 0 Å². The summed E-state index contributed by atoms with van der Waals surface area (Å²) in [7, 11) is 0. The first-order chi connectivity index (χ1) is 17.6. The third kappa shape index (κ3) is 3.48. The summed E-state index contributed by atoms with van der Waals surface area (Å²) in [6, 6.07) is 15.8. The number of rotatable bonds is 4. The van der Waals surface area contributed by atoms with Crippen LogP contribution in [0, 0.1) is 18.3 Å². The maximum Gasteiger partial charge on any atom is 0.163 e. The number of pyridine rings is 2. The average molecular weight is 497 g/mol. The van der Waals surface area contributed by atoms with Gasteiger partial charge in [0.05, 0.1) is 28.3 Å². The summed E-state index contributed by atoms with van der Waals surface area (Å²) in [5.41, 5.74) is 9.33. The van der Waals surface area contributed by atoms with Crippen LogP contribution in [0.4, 0.5) is 5.82 Å². The molecule has 1 aliphatic rings. The van der Waals surface area contributed by atoms with Gasteiger partial charge in [-0.25, -0.2) is 9.97 Å². The fraction of sp³-hybridized carbons (Fsp3) is 0.185. The standard InChI is InChI=1S/C27H21ClN6O2/c1-3-18-15(2)19(13-29)26-32-20-6-4-5-7-22(20)34(26)27(18)33-30-14-17-10-16-11-23-24(36-9-8-35-23)12-21(16)31-25(17)28/h4-7,10-12,14,33H,3,8-9H2,1-2H3/b30-14+. The summed E-state index contributed by atoms with van der Waals surface area (Å²) < 4.78 is 13.3. The lowest BCUT2D eigenvalue weighted by Gasteiger charge is -2.18. The molecule has 0 spiro atoms. The molecule has 0 saturated heterocycles. The summed E-state index contributed by atoms with van der Waals surface area (Å²) >= 11 is 6.49. The number of nitriles is 1. The molecule has 178 valence electrons. The quantitative estimate of drug-likeness (QED) is 0.196. The number of hydrazone groups is 1. The Hall–Kier alpha value is -4.35. The fourth-order valence-corrected chi connectivity index (χ4v) is 4.89. The predicted octanol–water partition coefficient (Wildman–Crippen LogP) is 5.65. The van der Waals surface area contributed by atoms with Gasteiger partial charge in [-0.05, 0) is 48.7 Å². The third-order valence-electron chi connectivity index (χ3n) is 6.42. The summed E-state index contributed by atoms with van der Waals surface area (Å²) in [6.45, 7) is 5.03. The van der Waals surface area contributed by atoms with E-state index in [4.69, 9.17) is 26.1 Å². The lowest BCUT2D eigenvalue weighted by Crippen LogP contribution is -2.15.